The van der Waals surface area contributed by atoms with Crippen LogP contribution in [0.1, 0.15) is 29.9 Å². The molecular weight excluding hydrogens is 494 g/mol. The van der Waals surface area contributed by atoms with Gasteiger partial charge in [0.2, 0.25) is 11.9 Å². The third kappa shape index (κ3) is 4.88. The number of rotatable bonds is 7. The fourth-order valence-electron chi connectivity index (χ4n) is 3.98. The number of halogens is 4. The molecule has 1 fully saturated rings. The third-order valence-electron chi connectivity index (χ3n) is 6.18. The zero-order valence-corrected chi connectivity index (χ0v) is 19.7. The van der Waals surface area contributed by atoms with Crippen molar-refractivity contribution in [3.63, 3.8) is 0 Å². The zero-order chi connectivity index (χ0) is 26.4. The fourth-order valence-corrected chi connectivity index (χ4v) is 3.98. The van der Waals surface area contributed by atoms with Gasteiger partial charge in [0, 0.05) is 31.1 Å². The topological polar surface area (TPSA) is 111 Å². The summed E-state index contributed by atoms with van der Waals surface area (Å²) >= 11 is 0. The fraction of sp³-hybridized carbons (Fsp3) is 0.292. The summed E-state index contributed by atoms with van der Waals surface area (Å²) in [5.74, 6) is -0.847. The van der Waals surface area contributed by atoms with Gasteiger partial charge in [-0.1, -0.05) is 17.3 Å². The van der Waals surface area contributed by atoms with E-state index < -0.39 is 23.3 Å². The number of nitrogens with zero attached hydrogens (tertiary/aromatic N) is 5. The van der Waals surface area contributed by atoms with Crippen LogP contribution < -0.4 is 10.6 Å². The lowest BCUT2D eigenvalue weighted by atomic mass is 10.0. The maximum Gasteiger partial charge on any atom is 0.401 e. The summed E-state index contributed by atoms with van der Waals surface area (Å²) in [6.07, 6.45) is -0.0301. The van der Waals surface area contributed by atoms with Crippen molar-refractivity contribution in [3.05, 3.63) is 65.8 Å². The Hall–Kier alpha value is -4.29. The molecule has 4 aromatic rings. The van der Waals surface area contributed by atoms with Gasteiger partial charge in [-0.05, 0) is 37.0 Å². The minimum atomic E-state index is -4.46. The van der Waals surface area contributed by atoms with E-state index >= 15 is 0 Å². The molecule has 37 heavy (non-hydrogen) atoms. The van der Waals surface area contributed by atoms with Gasteiger partial charge in [0.15, 0.2) is 17.4 Å². The molecule has 1 aromatic carbocycles. The molecule has 0 radical (unpaired) electrons. The van der Waals surface area contributed by atoms with Gasteiger partial charge in [0.05, 0.1) is 18.4 Å². The van der Waals surface area contributed by atoms with Crippen LogP contribution in [0.25, 0.3) is 11.1 Å². The molecule has 3 aromatic heterocycles. The molecular formula is C24H21F4N7O2. The summed E-state index contributed by atoms with van der Waals surface area (Å²) < 4.78 is 61.2. The van der Waals surface area contributed by atoms with Crippen LogP contribution in [-0.4, -0.2) is 36.8 Å². The van der Waals surface area contributed by atoms with Gasteiger partial charge in [-0.15, -0.1) is 0 Å². The molecule has 2 N–H and O–H groups in total. The highest BCUT2D eigenvalue weighted by Gasteiger charge is 2.66. The number of anilines is 3. The summed E-state index contributed by atoms with van der Waals surface area (Å²) in [7, 11) is 1.83. The maximum atomic E-state index is 14.8. The Kier molecular flexibility index (Phi) is 5.92. The normalized spacial score (nSPS) is 14.4. The molecule has 1 saturated carbocycles. The first-order valence-corrected chi connectivity index (χ1v) is 11.3. The molecule has 13 heteroatoms. The SMILES string of the molecule is Cc1nc(Nc2cn(C)cn2)ncc1-c1ccc(CC(=O)Nc2cc(C3(C(F)(F)F)CC3)on2)c(F)c1. The van der Waals surface area contributed by atoms with Crippen molar-refractivity contribution in [1.29, 1.82) is 0 Å². The van der Waals surface area contributed by atoms with Crippen molar-refractivity contribution in [1.82, 2.24) is 24.7 Å². The first-order valence-electron chi connectivity index (χ1n) is 11.3. The van der Waals surface area contributed by atoms with E-state index in [1.807, 2.05) is 7.05 Å². The van der Waals surface area contributed by atoms with Gasteiger partial charge < -0.3 is 19.7 Å². The predicted molar refractivity (Wildman–Crippen MR) is 124 cm³/mol. The molecule has 5 rings (SSSR count). The Labute approximate surface area is 207 Å². The standard InChI is InChI=1S/C24H21F4N7O2/c1-13-16(10-29-22(31-13)33-20-11-35(2)12-30-20)14-3-4-15(17(25)7-14)8-21(36)32-19-9-18(37-34-19)23(5-6-23)24(26,27)28/h3-4,7,9-12H,5-6,8H2,1-2H3,(H,29,31,33)(H,32,34,36). The van der Waals surface area contributed by atoms with Gasteiger partial charge in [0.25, 0.3) is 0 Å². The van der Waals surface area contributed by atoms with E-state index in [0.29, 0.717) is 28.6 Å². The Bertz CT molecular complexity index is 1470. The lowest BCUT2D eigenvalue weighted by Gasteiger charge is -2.14. The summed E-state index contributed by atoms with van der Waals surface area (Å²) in [5.41, 5.74) is -0.209. The second kappa shape index (κ2) is 8.98. The highest BCUT2D eigenvalue weighted by Crippen LogP contribution is 2.59. The average Bonchev–Trinajstić information content (AvgIpc) is 3.37. The van der Waals surface area contributed by atoms with Gasteiger partial charge in [-0.2, -0.15) is 13.2 Å². The zero-order valence-electron chi connectivity index (χ0n) is 19.7. The van der Waals surface area contributed by atoms with Crippen LogP contribution in [0.3, 0.4) is 0 Å². The van der Waals surface area contributed by atoms with E-state index in [0.717, 1.165) is 6.07 Å². The molecule has 0 spiro atoms. The second-order valence-electron chi connectivity index (χ2n) is 8.93. The first-order chi connectivity index (χ1) is 17.5. The summed E-state index contributed by atoms with van der Waals surface area (Å²) in [5, 5.41) is 8.86. The number of aromatic nitrogens is 5. The Balaban J connectivity index is 1.24. The van der Waals surface area contributed by atoms with Crippen LogP contribution in [0.15, 0.2) is 47.5 Å². The summed E-state index contributed by atoms with van der Waals surface area (Å²) in [4.78, 5) is 25.2. The smallest absolute Gasteiger partial charge is 0.358 e. The van der Waals surface area contributed by atoms with Gasteiger partial charge in [-0.25, -0.2) is 19.3 Å². The van der Waals surface area contributed by atoms with Crippen LogP contribution in [0.4, 0.5) is 35.1 Å². The number of amides is 1. The third-order valence-corrected chi connectivity index (χ3v) is 6.18. The minimum absolute atomic E-state index is 0.0926. The second-order valence-corrected chi connectivity index (χ2v) is 8.93. The minimum Gasteiger partial charge on any atom is -0.358 e. The van der Waals surface area contributed by atoms with Crippen LogP contribution in [-0.2, 0) is 23.7 Å². The number of carbonyl (C=O) groups excluding carboxylic acids is 1. The van der Waals surface area contributed by atoms with Crippen LogP contribution >= 0.6 is 0 Å². The van der Waals surface area contributed by atoms with Crippen molar-refractivity contribution in [2.24, 2.45) is 7.05 Å². The highest BCUT2D eigenvalue weighted by atomic mass is 19.4. The Morgan fingerprint density at radius 1 is 1.19 bits per heavy atom. The Morgan fingerprint density at radius 2 is 1.97 bits per heavy atom. The number of hydrogen-bond acceptors (Lipinski definition) is 7. The van der Waals surface area contributed by atoms with Gasteiger partial charge in [0.1, 0.15) is 11.2 Å². The molecule has 1 amide bonds. The largest absolute Gasteiger partial charge is 0.401 e. The van der Waals surface area contributed by atoms with Crippen molar-refractivity contribution >= 4 is 23.5 Å². The molecule has 0 atom stereocenters. The molecule has 1 aliphatic rings. The number of carbonyl (C=O) groups is 1. The average molecular weight is 515 g/mol. The quantitative estimate of drug-likeness (QED) is 0.339. The molecule has 0 saturated heterocycles. The number of aryl methyl sites for hydroxylation is 2. The predicted octanol–water partition coefficient (Wildman–Crippen LogP) is 4.83. The number of alkyl halides is 3. The van der Waals surface area contributed by atoms with Gasteiger partial charge >= 0.3 is 6.18 Å². The highest BCUT2D eigenvalue weighted by molar-refractivity contribution is 5.91. The number of benzene rings is 1. The van der Waals surface area contributed by atoms with Crippen LogP contribution in [0.5, 0.6) is 0 Å². The first kappa shape index (κ1) is 24.4. The lowest BCUT2D eigenvalue weighted by Crippen LogP contribution is -2.28. The summed E-state index contributed by atoms with van der Waals surface area (Å²) in [6, 6.07) is 5.43. The van der Waals surface area contributed by atoms with Crippen molar-refractivity contribution < 1.29 is 26.9 Å². The van der Waals surface area contributed by atoms with Crippen LogP contribution in [0, 0.1) is 12.7 Å². The monoisotopic (exact) mass is 515 g/mol. The molecule has 0 bridgehead atoms. The van der Waals surface area contributed by atoms with Crippen molar-refractivity contribution in [3.8, 4) is 11.1 Å². The van der Waals surface area contributed by atoms with Crippen molar-refractivity contribution in [2.45, 2.75) is 37.8 Å². The number of imidazole rings is 1. The van der Waals surface area contributed by atoms with E-state index in [4.69, 9.17) is 4.52 Å². The van der Waals surface area contributed by atoms with E-state index in [-0.39, 0.29) is 36.4 Å². The summed E-state index contributed by atoms with van der Waals surface area (Å²) in [6.45, 7) is 1.76. The van der Waals surface area contributed by atoms with E-state index in [1.165, 1.54) is 12.1 Å². The molecule has 192 valence electrons. The molecule has 0 unspecified atom stereocenters. The van der Waals surface area contributed by atoms with Gasteiger partial charge in [-0.3, -0.25) is 4.79 Å². The van der Waals surface area contributed by atoms with E-state index in [1.54, 1.807) is 36.3 Å². The number of nitrogens with one attached hydrogen (secondary N) is 2. The molecule has 9 nitrogen and oxygen atoms in total. The molecule has 0 aliphatic heterocycles. The van der Waals surface area contributed by atoms with E-state index in [2.05, 4.69) is 30.7 Å². The maximum absolute atomic E-state index is 14.8. The Morgan fingerprint density at radius 3 is 2.59 bits per heavy atom. The lowest BCUT2D eigenvalue weighted by molar-refractivity contribution is -0.165. The van der Waals surface area contributed by atoms with E-state index in [9.17, 15) is 22.4 Å². The molecule has 3 heterocycles. The van der Waals surface area contributed by atoms with Crippen LogP contribution in [0.2, 0.25) is 0 Å². The number of hydrogen-bond donors (Lipinski definition) is 2. The molecule has 1 aliphatic carbocycles. The van der Waals surface area contributed by atoms with Crippen molar-refractivity contribution in [2.75, 3.05) is 10.6 Å².